The summed E-state index contributed by atoms with van der Waals surface area (Å²) in [7, 11) is 1.43. The minimum Gasteiger partial charge on any atom is -0.444 e. The zero-order valence-electron chi connectivity index (χ0n) is 20.4. The van der Waals surface area contributed by atoms with Crippen molar-refractivity contribution in [1.82, 2.24) is 19.6 Å². The molecule has 0 spiro atoms. The van der Waals surface area contributed by atoms with Gasteiger partial charge in [0.1, 0.15) is 28.7 Å². The van der Waals surface area contributed by atoms with Crippen LogP contribution in [0.4, 0.5) is 9.18 Å². The Labute approximate surface area is 209 Å². The molecular formula is C24H28FN5O5S. The number of hydrogen-bond donors (Lipinski definition) is 3. The van der Waals surface area contributed by atoms with Gasteiger partial charge in [-0.15, -0.1) is 0 Å². The average molecular weight is 518 g/mol. The molecule has 192 valence electrons. The summed E-state index contributed by atoms with van der Waals surface area (Å²) in [6.45, 7) is 6.08. The summed E-state index contributed by atoms with van der Waals surface area (Å²) in [6, 6.07) is 2.04. The van der Waals surface area contributed by atoms with Crippen molar-refractivity contribution < 1.29 is 18.8 Å². The van der Waals surface area contributed by atoms with Crippen LogP contribution in [-0.4, -0.2) is 46.5 Å². The van der Waals surface area contributed by atoms with Crippen molar-refractivity contribution >= 4 is 44.5 Å². The minimum absolute atomic E-state index is 0.0458. The number of rotatable bonds is 5. The Morgan fingerprint density at radius 2 is 2.06 bits per heavy atom. The van der Waals surface area contributed by atoms with Crippen LogP contribution in [0.2, 0.25) is 0 Å². The Morgan fingerprint density at radius 3 is 2.72 bits per heavy atom. The Balaban J connectivity index is 1.71. The normalized spacial score (nSPS) is 20.2. The lowest BCUT2D eigenvalue weighted by molar-refractivity contribution is 0.0493. The number of oxime groups is 1. The standard InChI is InChI=1S/C24H28FN5O5S/c1-24(2,3)35-23(33)27-19(14-9-26-10-16(14)28-34-4)12-8-17-13(7-15(12)25)20(31)18-21(32)29-36-22(18)30(17)11-5-6-11/h7-8,11,14,19,26H,5-6,9-10H2,1-4H3,(H,27,33)(H,29,32). The topological polar surface area (TPSA) is 127 Å². The molecule has 36 heavy (non-hydrogen) atoms. The highest BCUT2D eigenvalue weighted by Crippen LogP contribution is 2.41. The van der Waals surface area contributed by atoms with Gasteiger partial charge in [-0.3, -0.25) is 14.0 Å². The van der Waals surface area contributed by atoms with E-state index in [1.165, 1.54) is 13.2 Å². The maximum absolute atomic E-state index is 15.8. The first-order valence-corrected chi connectivity index (χ1v) is 12.6. The van der Waals surface area contributed by atoms with E-state index in [9.17, 15) is 14.4 Å². The molecule has 2 aromatic heterocycles. The van der Waals surface area contributed by atoms with E-state index in [-0.39, 0.29) is 22.4 Å². The molecule has 2 fully saturated rings. The number of pyridine rings is 1. The van der Waals surface area contributed by atoms with Crippen LogP contribution in [-0.2, 0) is 9.57 Å². The highest BCUT2D eigenvalue weighted by molar-refractivity contribution is 7.12. The lowest BCUT2D eigenvalue weighted by atomic mass is 9.89. The SMILES string of the molecule is CON=C1CNCC1C(NC(=O)OC(C)(C)C)c1cc2c(cc1F)c(=O)c1c(=O)[nH]sc1n2C1CC1. The van der Waals surface area contributed by atoms with Gasteiger partial charge in [0.15, 0.2) is 0 Å². The number of hydrogen-bond acceptors (Lipinski definition) is 8. The van der Waals surface area contributed by atoms with Crippen molar-refractivity contribution in [3.63, 3.8) is 0 Å². The van der Waals surface area contributed by atoms with Crippen LogP contribution in [0.5, 0.6) is 0 Å². The van der Waals surface area contributed by atoms with E-state index >= 15 is 4.39 Å². The van der Waals surface area contributed by atoms with E-state index < -0.39 is 40.5 Å². The van der Waals surface area contributed by atoms with Crippen LogP contribution < -0.4 is 21.6 Å². The number of nitrogens with zero attached hydrogens (tertiary/aromatic N) is 2. The number of carbonyl (C=O) groups is 1. The molecule has 3 N–H and O–H groups in total. The monoisotopic (exact) mass is 517 g/mol. The predicted molar refractivity (Wildman–Crippen MR) is 135 cm³/mol. The zero-order valence-corrected chi connectivity index (χ0v) is 21.3. The van der Waals surface area contributed by atoms with Gasteiger partial charge in [-0.05, 0) is 57.3 Å². The second-order valence-corrected chi connectivity index (χ2v) is 11.0. The third-order valence-corrected chi connectivity index (χ3v) is 7.26. The largest absolute Gasteiger partial charge is 0.444 e. The second-order valence-electron chi connectivity index (χ2n) is 10.2. The van der Waals surface area contributed by atoms with Crippen LogP contribution in [0.1, 0.15) is 51.3 Å². The molecule has 3 heterocycles. The lowest BCUT2D eigenvalue weighted by Gasteiger charge is -2.28. The van der Waals surface area contributed by atoms with Crippen molar-refractivity contribution in [2.45, 2.75) is 51.3 Å². The van der Waals surface area contributed by atoms with Crippen molar-refractivity contribution in [3.05, 3.63) is 44.1 Å². The van der Waals surface area contributed by atoms with Crippen molar-refractivity contribution in [2.75, 3.05) is 20.2 Å². The minimum atomic E-state index is -0.850. The molecule has 12 heteroatoms. The molecule has 1 aromatic carbocycles. The lowest BCUT2D eigenvalue weighted by Crippen LogP contribution is -2.40. The fraction of sp³-hybridized carbons (Fsp3) is 0.500. The predicted octanol–water partition coefficient (Wildman–Crippen LogP) is 3.17. The molecule has 1 aliphatic heterocycles. The highest BCUT2D eigenvalue weighted by atomic mass is 32.1. The number of fused-ring (bicyclic) bond motifs is 2. The molecule has 2 unspecified atom stereocenters. The van der Waals surface area contributed by atoms with Gasteiger partial charge in [0.25, 0.3) is 5.56 Å². The van der Waals surface area contributed by atoms with Gasteiger partial charge < -0.3 is 24.8 Å². The quantitative estimate of drug-likeness (QED) is 0.446. The number of alkyl carbamates (subject to hydrolysis) is 1. The van der Waals surface area contributed by atoms with E-state index in [2.05, 4.69) is 20.2 Å². The molecule has 1 saturated heterocycles. The molecule has 0 bridgehead atoms. The van der Waals surface area contributed by atoms with Gasteiger partial charge in [-0.2, -0.15) is 0 Å². The number of halogens is 1. The number of nitrogens with one attached hydrogen (secondary N) is 3. The number of amides is 1. The maximum Gasteiger partial charge on any atom is 0.408 e. The van der Waals surface area contributed by atoms with Gasteiger partial charge in [0.05, 0.1) is 17.3 Å². The number of H-pyrrole nitrogens is 1. The van der Waals surface area contributed by atoms with Crippen LogP contribution in [0.25, 0.3) is 21.1 Å². The van der Waals surface area contributed by atoms with Crippen LogP contribution in [0, 0.1) is 11.7 Å². The third kappa shape index (κ3) is 4.39. The Morgan fingerprint density at radius 1 is 1.31 bits per heavy atom. The van der Waals surface area contributed by atoms with E-state index in [0.29, 0.717) is 29.1 Å². The van der Waals surface area contributed by atoms with E-state index in [0.717, 1.165) is 24.4 Å². The van der Waals surface area contributed by atoms with Crippen LogP contribution >= 0.6 is 11.5 Å². The molecule has 1 saturated carbocycles. The smallest absolute Gasteiger partial charge is 0.408 e. The highest BCUT2D eigenvalue weighted by Gasteiger charge is 2.37. The fourth-order valence-corrected chi connectivity index (χ4v) is 5.69. The Bertz CT molecular complexity index is 1500. The summed E-state index contributed by atoms with van der Waals surface area (Å²) in [6.07, 6.45) is 1.08. The molecule has 10 nitrogen and oxygen atoms in total. The first kappa shape index (κ1) is 24.4. The molecule has 5 rings (SSSR count). The summed E-state index contributed by atoms with van der Waals surface area (Å²) in [4.78, 5) is 43.9. The van der Waals surface area contributed by atoms with Gasteiger partial charge in [-0.25, -0.2) is 9.18 Å². The molecule has 2 atom stereocenters. The number of benzene rings is 1. The Hall–Kier alpha value is -3.25. The first-order chi connectivity index (χ1) is 17.1. The summed E-state index contributed by atoms with van der Waals surface area (Å²) in [5.74, 6) is -1.09. The molecule has 1 aliphatic carbocycles. The van der Waals surface area contributed by atoms with Gasteiger partial charge >= 0.3 is 6.09 Å². The number of ether oxygens (including phenoxy) is 1. The molecule has 1 amide bonds. The van der Waals surface area contributed by atoms with Crippen molar-refractivity contribution in [2.24, 2.45) is 11.1 Å². The van der Waals surface area contributed by atoms with Gasteiger partial charge in [0, 0.05) is 36.0 Å². The number of aromatic amines is 1. The van der Waals surface area contributed by atoms with E-state index in [1.807, 2.05) is 4.57 Å². The second kappa shape index (κ2) is 9.00. The summed E-state index contributed by atoms with van der Waals surface area (Å²) >= 11 is 1.10. The molecule has 2 aliphatic rings. The van der Waals surface area contributed by atoms with E-state index in [4.69, 9.17) is 9.57 Å². The number of carbonyl (C=O) groups excluding carboxylic acids is 1. The first-order valence-electron chi connectivity index (χ1n) is 11.8. The summed E-state index contributed by atoms with van der Waals surface area (Å²) < 4.78 is 25.8. The van der Waals surface area contributed by atoms with Crippen molar-refractivity contribution in [3.8, 4) is 0 Å². The van der Waals surface area contributed by atoms with Crippen molar-refractivity contribution in [1.29, 1.82) is 0 Å². The van der Waals surface area contributed by atoms with Gasteiger partial charge in [-0.1, -0.05) is 5.16 Å². The summed E-state index contributed by atoms with van der Waals surface area (Å²) in [5, 5.41) is 10.3. The van der Waals surface area contributed by atoms with Gasteiger partial charge in [0.2, 0.25) is 5.43 Å². The Kier molecular flexibility index (Phi) is 6.11. The zero-order chi connectivity index (χ0) is 25.8. The third-order valence-electron chi connectivity index (χ3n) is 6.37. The molecule has 3 aromatic rings. The molecule has 0 radical (unpaired) electrons. The van der Waals surface area contributed by atoms with E-state index in [1.54, 1.807) is 26.8 Å². The summed E-state index contributed by atoms with van der Waals surface area (Å²) in [5.41, 5.74) is -0.390. The van der Waals surface area contributed by atoms with Crippen LogP contribution in [0.15, 0.2) is 26.9 Å². The number of aromatic nitrogens is 2. The average Bonchev–Trinajstić information content (AvgIpc) is 3.40. The fourth-order valence-electron chi connectivity index (χ4n) is 4.76. The van der Waals surface area contributed by atoms with Crippen LogP contribution in [0.3, 0.4) is 0 Å². The molecular weight excluding hydrogens is 489 g/mol. The maximum atomic E-state index is 15.8.